The predicted molar refractivity (Wildman–Crippen MR) is 128 cm³/mol. The zero-order valence-corrected chi connectivity index (χ0v) is 20.3. The van der Waals surface area contributed by atoms with Crippen LogP contribution in [-0.2, 0) is 16.1 Å². The Morgan fingerprint density at radius 2 is 1.97 bits per heavy atom. The molecule has 0 spiro atoms. The number of benzene rings is 1. The monoisotopic (exact) mass is 501 g/mol. The lowest BCUT2D eigenvalue weighted by molar-refractivity contribution is -0.134. The third-order valence-corrected chi connectivity index (χ3v) is 6.50. The van der Waals surface area contributed by atoms with Gasteiger partial charge in [-0.1, -0.05) is 48.0 Å². The van der Waals surface area contributed by atoms with Crippen LogP contribution in [0.15, 0.2) is 41.4 Å². The van der Waals surface area contributed by atoms with Gasteiger partial charge in [0.15, 0.2) is 11.6 Å². The standard InChI is InChI=1S/C24H32BrN5O2/c1-4-7-18(21(26)31)19(14-15(2)3)24(32)27-20-8-5-6-13-30-22(28-29-23(20)30)16-9-11-17(25)12-10-16/h4,9-12,15,18-20H,1,5-8,13-14H2,2-3H3,(H2,26,31)(H,27,32). The highest BCUT2D eigenvalue weighted by Gasteiger charge is 2.34. The fourth-order valence-corrected chi connectivity index (χ4v) is 4.65. The first-order chi connectivity index (χ1) is 15.3. The Morgan fingerprint density at radius 3 is 2.59 bits per heavy atom. The van der Waals surface area contributed by atoms with Crippen LogP contribution in [0.1, 0.15) is 57.8 Å². The average Bonchev–Trinajstić information content (AvgIpc) is 3.06. The van der Waals surface area contributed by atoms with E-state index in [0.29, 0.717) is 12.8 Å². The summed E-state index contributed by atoms with van der Waals surface area (Å²) in [7, 11) is 0. The van der Waals surface area contributed by atoms with Gasteiger partial charge in [0, 0.05) is 16.6 Å². The summed E-state index contributed by atoms with van der Waals surface area (Å²) >= 11 is 3.47. The summed E-state index contributed by atoms with van der Waals surface area (Å²) in [4.78, 5) is 25.5. The first kappa shape index (κ1) is 24.2. The molecule has 0 radical (unpaired) electrons. The zero-order valence-electron chi connectivity index (χ0n) is 18.8. The maximum Gasteiger partial charge on any atom is 0.224 e. The summed E-state index contributed by atoms with van der Waals surface area (Å²) in [6.07, 6.45) is 5.35. The van der Waals surface area contributed by atoms with Gasteiger partial charge in [0.05, 0.1) is 17.9 Å². The highest BCUT2D eigenvalue weighted by Crippen LogP contribution is 2.30. The van der Waals surface area contributed by atoms with Crippen LogP contribution in [0, 0.1) is 17.8 Å². The minimum Gasteiger partial charge on any atom is -0.369 e. The first-order valence-corrected chi connectivity index (χ1v) is 12.0. The van der Waals surface area contributed by atoms with Crippen molar-refractivity contribution in [1.29, 1.82) is 0 Å². The van der Waals surface area contributed by atoms with Gasteiger partial charge in [0.25, 0.3) is 0 Å². The van der Waals surface area contributed by atoms with Gasteiger partial charge in [-0.25, -0.2) is 0 Å². The number of nitrogens with zero attached hydrogens (tertiary/aromatic N) is 3. The highest BCUT2D eigenvalue weighted by molar-refractivity contribution is 9.10. The Bertz CT molecular complexity index is 954. The van der Waals surface area contributed by atoms with Gasteiger partial charge in [-0.05, 0) is 50.2 Å². The molecule has 3 atom stereocenters. The average molecular weight is 502 g/mol. The van der Waals surface area contributed by atoms with Crippen molar-refractivity contribution >= 4 is 27.7 Å². The van der Waals surface area contributed by atoms with E-state index >= 15 is 0 Å². The lowest BCUT2D eigenvalue weighted by Crippen LogP contribution is -2.42. The molecule has 2 heterocycles. The third kappa shape index (κ3) is 5.65. The van der Waals surface area contributed by atoms with Crippen LogP contribution in [0.5, 0.6) is 0 Å². The Balaban J connectivity index is 1.88. The van der Waals surface area contributed by atoms with Crippen LogP contribution in [0.2, 0.25) is 0 Å². The largest absolute Gasteiger partial charge is 0.369 e. The van der Waals surface area contributed by atoms with Crippen molar-refractivity contribution in [2.45, 2.75) is 58.5 Å². The van der Waals surface area contributed by atoms with Crippen LogP contribution >= 0.6 is 15.9 Å². The van der Waals surface area contributed by atoms with E-state index in [1.807, 2.05) is 38.1 Å². The number of allylic oxidation sites excluding steroid dienone is 1. The quantitative estimate of drug-likeness (QED) is 0.497. The first-order valence-electron chi connectivity index (χ1n) is 11.2. The molecule has 0 bridgehead atoms. The summed E-state index contributed by atoms with van der Waals surface area (Å²) in [6.45, 7) is 8.62. The molecule has 2 aromatic rings. The number of nitrogens with two attached hydrogens (primary N) is 1. The molecule has 1 aliphatic heterocycles. The molecule has 1 aliphatic rings. The van der Waals surface area contributed by atoms with Gasteiger partial charge >= 0.3 is 0 Å². The molecule has 3 unspecified atom stereocenters. The summed E-state index contributed by atoms with van der Waals surface area (Å²) in [5.74, 6) is 0.112. The molecule has 2 amide bonds. The number of carbonyl (C=O) groups excluding carboxylic acids is 2. The second kappa shape index (κ2) is 10.9. The molecule has 0 saturated heterocycles. The van der Waals surface area contributed by atoms with Crippen molar-refractivity contribution in [2.75, 3.05) is 0 Å². The SMILES string of the molecule is C=CCC(C(N)=O)C(CC(C)C)C(=O)NC1CCCCn2c(-c3ccc(Br)cc3)nnc21. The van der Waals surface area contributed by atoms with E-state index in [1.165, 1.54) is 0 Å². The van der Waals surface area contributed by atoms with Gasteiger partial charge in [-0.3, -0.25) is 9.59 Å². The van der Waals surface area contributed by atoms with E-state index in [-0.39, 0.29) is 17.9 Å². The van der Waals surface area contributed by atoms with E-state index in [1.54, 1.807) is 6.08 Å². The van der Waals surface area contributed by atoms with Crippen molar-refractivity contribution in [3.8, 4) is 11.4 Å². The van der Waals surface area contributed by atoms with Crippen LogP contribution < -0.4 is 11.1 Å². The number of rotatable bonds is 9. The van der Waals surface area contributed by atoms with Crippen LogP contribution in [0.25, 0.3) is 11.4 Å². The normalized spacial score (nSPS) is 17.8. The van der Waals surface area contributed by atoms with Crippen LogP contribution in [0.3, 0.4) is 0 Å². The lowest BCUT2D eigenvalue weighted by Gasteiger charge is -2.27. The van der Waals surface area contributed by atoms with Crippen molar-refractivity contribution < 1.29 is 9.59 Å². The van der Waals surface area contributed by atoms with Crippen LogP contribution in [-0.4, -0.2) is 26.6 Å². The molecule has 7 nitrogen and oxygen atoms in total. The van der Waals surface area contributed by atoms with Crippen molar-refractivity contribution in [1.82, 2.24) is 20.1 Å². The number of carbonyl (C=O) groups is 2. The van der Waals surface area contributed by atoms with Gasteiger partial charge < -0.3 is 15.6 Å². The number of hydrogen-bond acceptors (Lipinski definition) is 4. The number of hydrogen-bond donors (Lipinski definition) is 2. The number of amides is 2. The van der Waals surface area contributed by atoms with Crippen LogP contribution in [0.4, 0.5) is 0 Å². The Morgan fingerprint density at radius 1 is 1.25 bits per heavy atom. The maximum atomic E-state index is 13.4. The number of fused-ring (bicyclic) bond motifs is 1. The molecular weight excluding hydrogens is 470 g/mol. The fourth-order valence-electron chi connectivity index (χ4n) is 4.39. The molecule has 0 fully saturated rings. The molecule has 3 N–H and O–H groups in total. The molecule has 1 aromatic heterocycles. The minimum absolute atomic E-state index is 0.156. The molecule has 32 heavy (non-hydrogen) atoms. The highest BCUT2D eigenvalue weighted by atomic mass is 79.9. The molecule has 1 aromatic carbocycles. The molecular formula is C24H32BrN5O2. The number of primary amides is 1. The second-order valence-corrected chi connectivity index (χ2v) is 9.78. The van der Waals surface area contributed by atoms with Gasteiger partial charge in [0.2, 0.25) is 11.8 Å². The Kier molecular flexibility index (Phi) is 8.23. The molecule has 8 heteroatoms. The van der Waals surface area contributed by atoms with Crippen molar-refractivity contribution in [3.63, 3.8) is 0 Å². The van der Waals surface area contributed by atoms with E-state index in [0.717, 1.165) is 47.5 Å². The van der Waals surface area contributed by atoms with Gasteiger partial charge in [-0.2, -0.15) is 0 Å². The van der Waals surface area contributed by atoms with Crippen molar-refractivity contribution in [3.05, 3.63) is 47.2 Å². The zero-order chi connectivity index (χ0) is 23.3. The molecule has 0 saturated carbocycles. The summed E-state index contributed by atoms with van der Waals surface area (Å²) in [5.41, 5.74) is 6.64. The predicted octanol–water partition coefficient (Wildman–Crippen LogP) is 4.39. The minimum atomic E-state index is -0.572. The molecule has 0 aliphatic carbocycles. The number of aromatic nitrogens is 3. The lowest BCUT2D eigenvalue weighted by atomic mass is 9.82. The third-order valence-electron chi connectivity index (χ3n) is 5.97. The second-order valence-electron chi connectivity index (χ2n) is 8.87. The van der Waals surface area contributed by atoms with E-state index in [2.05, 4.69) is 42.6 Å². The summed E-state index contributed by atoms with van der Waals surface area (Å²) in [6, 6.07) is 7.71. The number of halogens is 1. The van der Waals surface area contributed by atoms with E-state index in [4.69, 9.17) is 5.73 Å². The summed E-state index contributed by atoms with van der Waals surface area (Å²) < 4.78 is 3.11. The molecule has 172 valence electrons. The van der Waals surface area contributed by atoms with E-state index < -0.39 is 17.7 Å². The maximum absolute atomic E-state index is 13.4. The van der Waals surface area contributed by atoms with E-state index in [9.17, 15) is 9.59 Å². The Hall–Kier alpha value is -2.48. The Labute approximate surface area is 198 Å². The fraction of sp³-hybridized carbons (Fsp3) is 0.500. The van der Waals surface area contributed by atoms with Crippen molar-refractivity contribution in [2.24, 2.45) is 23.5 Å². The number of nitrogens with one attached hydrogen (secondary N) is 1. The molecule has 3 rings (SSSR count). The van der Waals surface area contributed by atoms with Gasteiger partial charge in [0.1, 0.15) is 0 Å². The smallest absolute Gasteiger partial charge is 0.224 e. The summed E-state index contributed by atoms with van der Waals surface area (Å²) in [5, 5.41) is 12.1. The van der Waals surface area contributed by atoms with Gasteiger partial charge in [-0.15, -0.1) is 16.8 Å². The topological polar surface area (TPSA) is 103 Å².